The summed E-state index contributed by atoms with van der Waals surface area (Å²) in [6.45, 7) is 0.485. The van der Waals surface area contributed by atoms with Crippen LogP contribution < -0.4 is 0 Å². The Kier molecular flexibility index (Phi) is 4.24. The predicted molar refractivity (Wildman–Crippen MR) is 72.5 cm³/mol. The molecule has 0 saturated heterocycles. The van der Waals surface area contributed by atoms with Gasteiger partial charge in [0.1, 0.15) is 5.69 Å². The van der Waals surface area contributed by atoms with Gasteiger partial charge in [0, 0.05) is 25.8 Å². The minimum Gasteiger partial charge on any atom is -0.384 e. The number of hydrogen-bond acceptors (Lipinski definition) is 6. The Morgan fingerprint density at radius 2 is 2.00 bits per heavy atom. The number of hydrogen-bond donors (Lipinski definition) is 0. The topological polar surface area (TPSA) is 113 Å². The van der Waals surface area contributed by atoms with Crippen molar-refractivity contribution < 1.29 is 14.6 Å². The number of rotatable bonds is 6. The van der Waals surface area contributed by atoms with Gasteiger partial charge >= 0.3 is 5.69 Å². The minimum absolute atomic E-state index is 0.175. The van der Waals surface area contributed by atoms with Crippen molar-refractivity contribution in [2.45, 2.75) is 6.42 Å². The molecule has 1 aromatic heterocycles. The molecule has 0 aliphatic rings. The standard InChI is InChI=1S/C12H12N4O5/c1-21-7-5-9-4-6-14(13-9)11-3-2-10(15(17)18)8-12(11)16(19)20/h2-4,6,8H,5,7H2,1H3. The van der Waals surface area contributed by atoms with E-state index in [1.54, 1.807) is 19.4 Å². The highest BCUT2D eigenvalue weighted by molar-refractivity contribution is 5.57. The van der Waals surface area contributed by atoms with Gasteiger partial charge in [-0.25, -0.2) is 4.68 Å². The van der Waals surface area contributed by atoms with Crippen LogP contribution in [0, 0.1) is 20.2 Å². The summed E-state index contributed by atoms with van der Waals surface area (Å²) in [6.07, 6.45) is 2.14. The third kappa shape index (κ3) is 3.20. The molecule has 0 aliphatic heterocycles. The summed E-state index contributed by atoms with van der Waals surface area (Å²) in [5.74, 6) is 0. The van der Waals surface area contributed by atoms with Gasteiger partial charge < -0.3 is 4.74 Å². The molecule has 21 heavy (non-hydrogen) atoms. The van der Waals surface area contributed by atoms with E-state index in [1.165, 1.54) is 16.8 Å². The number of benzene rings is 1. The molecule has 0 N–H and O–H groups in total. The van der Waals surface area contributed by atoms with Crippen molar-refractivity contribution in [3.05, 3.63) is 56.4 Å². The molecule has 0 saturated carbocycles. The van der Waals surface area contributed by atoms with Crippen LogP contribution in [0.3, 0.4) is 0 Å². The first-order valence-electron chi connectivity index (χ1n) is 5.99. The van der Waals surface area contributed by atoms with E-state index in [2.05, 4.69) is 5.10 Å². The van der Waals surface area contributed by atoms with Crippen LogP contribution in [0.15, 0.2) is 30.5 Å². The van der Waals surface area contributed by atoms with Crippen molar-refractivity contribution in [3.63, 3.8) is 0 Å². The normalized spacial score (nSPS) is 10.5. The molecule has 0 bridgehead atoms. The maximum absolute atomic E-state index is 11.1. The fourth-order valence-electron chi connectivity index (χ4n) is 1.80. The molecule has 1 aromatic carbocycles. The first-order chi connectivity index (χ1) is 10.0. The molecule has 0 fully saturated rings. The quantitative estimate of drug-likeness (QED) is 0.593. The van der Waals surface area contributed by atoms with Crippen molar-refractivity contribution in [1.29, 1.82) is 0 Å². The maximum Gasteiger partial charge on any atom is 0.301 e. The van der Waals surface area contributed by atoms with Gasteiger partial charge in [0.2, 0.25) is 0 Å². The highest BCUT2D eigenvalue weighted by Crippen LogP contribution is 2.27. The lowest BCUT2D eigenvalue weighted by Gasteiger charge is -2.03. The van der Waals surface area contributed by atoms with Crippen molar-refractivity contribution >= 4 is 11.4 Å². The lowest BCUT2D eigenvalue weighted by Crippen LogP contribution is -2.03. The average molecular weight is 292 g/mol. The molecule has 1 heterocycles. The summed E-state index contributed by atoms with van der Waals surface area (Å²) in [4.78, 5) is 20.4. The van der Waals surface area contributed by atoms with E-state index >= 15 is 0 Å². The Hall–Kier alpha value is -2.81. The second-order valence-corrected chi connectivity index (χ2v) is 4.18. The third-order valence-electron chi connectivity index (χ3n) is 2.82. The molecule has 0 radical (unpaired) electrons. The van der Waals surface area contributed by atoms with Crippen LogP contribution in [0.4, 0.5) is 11.4 Å². The van der Waals surface area contributed by atoms with Gasteiger partial charge in [-0.3, -0.25) is 20.2 Å². The number of nitro groups is 2. The van der Waals surface area contributed by atoms with Gasteiger partial charge in [-0.15, -0.1) is 0 Å². The number of methoxy groups -OCH3 is 1. The van der Waals surface area contributed by atoms with Crippen molar-refractivity contribution in [2.24, 2.45) is 0 Å². The highest BCUT2D eigenvalue weighted by atomic mass is 16.6. The maximum atomic E-state index is 11.1. The molecule has 0 atom stereocenters. The molecule has 0 aliphatic carbocycles. The Balaban J connectivity index is 2.40. The van der Waals surface area contributed by atoms with Gasteiger partial charge in [-0.05, 0) is 12.1 Å². The van der Waals surface area contributed by atoms with Crippen LogP contribution in [-0.2, 0) is 11.2 Å². The van der Waals surface area contributed by atoms with Crippen LogP contribution in [0.1, 0.15) is 5.69 Å². The van der Waals surface area contributed by atoms with Crippen LogP contribution in [0.25, 0.3) is 5.69 Å². The predicted octanol–water partition coefficient (Wildman–Crippen LogP) is 1.88. The zero-order valence-electron chi connectivity index (χ0n) is 11.1. The first kappa shape index (κ1) is 14.6. The van der Waals surface area contributed by atoms with Crippen LogP contribution in [0.2, 0.25) is 0 Å². The average Bonchev–Trinajstić information content (AvgIpc) is 2.92. The number of aromatic nitrogens is 2. The largest absolute Gasteiger partial charge is 0.384 e. The first-order valence-corrected chi connectivity index (χ1v) is 5.99. The summed E-state index contributed by atoms with van der Waals surface area (Å²) < 4.78 is 6.26. The van der Waals surface area contributed by atoms with Gasteiger partial charge in [0.15, 0.2) is 0 Å². The molecule has 0 spiro atoms. The van der Waals surface area contributed by atoms with E-state index < -0.39 is 9.85 Å². The second kappa shape index (κ2) is 6.09. The van der Waals surface area contributed by atoms with E-state index in [-0.39, 0.29) is 17.1 Å². The highest BCUT2D eigenvalue weighted by Gasteiger charge is 2.21. The van der Waals surface area contributed by atoms with Gasteiger partial charge in [-0.2, -0.15) is 5.10 Å². The number of nitro benzene ring substituents is 2. The summed E-state index contributed by atoms with van der Waals surface area (Å²) >= 11 is 0. The number of ether oxygens (including phenoxy) is 1. The fraction of sp³-hybridized carbons (Fsp3) is 0.250. The van der Waals surface area contributed by atoms with Crippen molar-refractivity contribution in [3.8, 4) is 5.69 Å². The Labute approximate surface area is 119 Å². The smallest absolute Gasteiger partial charge is 0.301 e. The molecule has 2 rings (SSSR count). The van der Waals surface area contributed by atoms with E-state index in [4.69, 9.17) is 4.74 Å². The summed E-state index contributed by atoms with van der Waals surface area (Å²) in [6, 6.07) is 5.15. The van der Waals surface area contributed by atoms with Crippen LogP contribution in [-0.4, -0.2) is 33.3 Å². The van der Waals surface area contributed by atoms with Crippen molar-refractivity contribution in [1.82, 2.24) is 9.78 Å². The lowest BCUT2D eigenvalue weighted by molar-refractivity contribution is -0.394. The SMILES string of the molecule is COCCc1ccn(-c2ccc([N+](=O)[O-])cc2[N+](=O)[O-])n1. The molecule has 0 unspecified atom stereocenters. The van der Waals surface area contributed by atoms with Crippen LogP contribution in [0.5, 0.6) is 0 Å². The summed E-state index contributed by atoms with van der Waals surface area (Å²) in [7, 11) is 1.57. The zero-order valence-corrected chi connectivity index (χ0v) is 11.1. The molecule has 9 heteroatoms. The van der Waals surface area contributed by atoms with Crippen molar-refractivity contribution in [2.75, 3.05) is 13.7 Å². The third-order valence-corrected chi connectivity index (χ3v) is 2.82. The van der Waals surface area contributed by atoms with E-state index in [9.17, 15) is 20.2 Å². The minimum atomic E-state index is -0.677. The van der Waals surface area contributed by atoms with Gasteiger partial charge in [0.05, 0.1) is 28.2 Å². The molecular weight excluding hydrogens is 280 g/mol. The van der Waals surface area contributed by atoms with Gasteiger partial charge in [0.25, 0.3) is 5.69 Å². The fourth-order valence-corrected chi connectivity index (χ4v) is 1.80. The zero-order chi connectivity index (χ0) is 15.4. The Morgan fingerprint density at radius 1 is 1.24 bits per heavy atom. The lowest BCUT2D eigenvalue weighted by atomic mass is 10.2. The molecule has 2 aromatic rings. The molecule has 0 amide bonds. The second-order valence-electron chi connectivity index (χ2n) is 4.18. The summed E-state index contributed by atoms with van der Waals surface area (Å²) in [5.41, 5.74) is 0.182. The molecule has 110 valence electrons. The van der Waals surface area contributed by atoms with Gasteiger partial charge in [-0.1, -0.05) is 0 Å². The Morgan fingerprint density at radius 3 is 2.62 bits per heavy atom. The van der Waals surface area contributed by atoms with E-state index in [0.717, 1.165) is 6.07 Å². The van der Waals surface area contributed by atoms with E-state index in [0.29, 0.717) is 18.7 Å². The Bertz CT molecular complexity index is 682. The molecular formula is C12H12N4O5. The van der Waals surface area contributed by atoms with E-state index in [1.807, 2.05) is 0 Å². The summed E-state index contributed by atoms with van der Waals surface area (Å²) in [5, 5.41) is 26.0. The molecule has 9 nitrogen and oxygen atoms in total. The number of nitrogens with zero attached hydrogens (tertiary/aromatic N) is 4. The van der Waals surface area contributed by atoms with Crippen LogP contribution >= 0.6 is 0 Å². The monoisotopic (exact) mass is 292 g/mol. The number of non-ortho nitro benzene ring substituents is 1.